The highest BCUT2D eigenvalue weighted by molar-refractivity contribution is 7.80. The minimum absolute atomic E-state index is 0.0221. The highest BCUT2D eigenvalue weighted by Crippen LogP contribution is 2.40. The van der Waals surface area contributed by atoms with Crippen LogP contribution in [0.1, 0.15) is 27.7 Å². The SMILES string of the molecule is C=C=C[C@@H]1[C@@H]([C@@H](C)O[Si](C)(C)C(C)(C)C)C(=O)N1C(=S)Nc1ccccc1. The van der Waals surface area contributed by atoms with E-state index in [0.717, 1.165) is 5.69 Å². The maximum absolute atomic E-state index is 12.9. The van der Waals surface area contributed by atoms with Crippen molar-refractivity contribution in [3.63, 3.8) is 0 Å². The van der Waals surface area contributed by atoms with Crippen LogP contribution < -0.4 is 5.32 Å². The number of para-hydroxylation sites is 1. The van der Waals surface area contributed by atoms with Crippen molar-refractivity contribution in [1.29, 1.82) is 0 Å². The lowest BCUT2D eigenvalue weighted by Gasteiger charge is -2.49. The van der Waals surface area contributed by atoms with Gasteiger partial charge in [0.25, 0.3) is 0 Å². The maximum atomic E-state index is 12.9. The molecule has 3 atom stereocenters. The number of anilines is 1. The highest BCUT2D eigenvalue weighted by atomic mass is 32.1. The third kappa shape index (κ3) is 4.58. The molecule has 0 aromatic heterocycles. The Morgan fingerprint density at radius 1 is 1.37 bits per heavy atom. The molecule has 1 aromatic carbocycles. The van der Waals surface area contributed by atoms with E-state index in [4.69, 9.17) is 16.6 Å². The Kier molecular flexibility index (Phi) is 6.48. The second-order valence-corrected chi connectivity index (χ2v) is 13.6. The van der Waals surface area contributed by atoms with Gasteiger partial charge in [0.15, 0.2) is 13.4 Å². The van der Waals surface area contributed by atoms with Crippen LogP contribution in [0.5, 0.6) is 0 Å². The predicted octanol–water partition coefficient (Wildman–Crippen LogP) is 4.96. The van der Waals surface area contributed by atoms with Gasteiger partial charge in [-0.05, 0) is 55.5 Å². The summed E-state index contributed by atoms with van der Waals surface area (Å²) in [5, 5.41) is 3.60. The molecule has 0 spiro atoms. The van der Waals surface area contributed by atoms with Crippen LogP contribution in [0.4, 0.5) is 5.69 Å². The average molecular weight is 403 g/mol. The van der Waals surface area contributed by atoms with Crippen LogP contribution in [0.2, 0.25) is 18.1 Å². The summed E-state index contributed by atoms with van der Waals surface area (Å²) in [7, 11) is -1.97. The van der Waals surface area contributed by atoms with Gasteiger partial charge in [-0.2, -0.15) is 0 Å². The molecule has 1 amide bonds. The highest BCUT2D eigenvalue weighted by Gasteiger charge is 2.52. The molecular formula is C21H30N2O2SSi. The Morgan fingerprint density at radius 3 is 2.48 bits per heavy atom. The number of hydrogen-bond acceptors (Lipinski definition) is 3. The standard InChI is InChI=1S/C21H30N2O2SSi/c1-8-12-17-18(15(2)25-27(6,7)21(3,4)5)19(24)23(17)20(26)22-16-13-10-9-11-14-16/h9-15,17-18H,1H2,2-7H3,(H,22,26)/t15-,17-,18-/m1/s1. The number of benzene rings is 1. The molecule has 0 bridgehead atoms. The molecule has 1 heterocycles. The van der Waals surface area contributed by atoms with Gasteiger partial charge in [0.1, 0.15) is 0 Å². The second kappa shape index (κ2) is 8.11. The quantitative estimate of drug-likeness (QED) is 0.327. The van der Waals surface area contributed by atoms with Gasteiger partial charge in [0, 0.05) is 5.69 Å². The number of hydrogen-bond donors (Lipinski definition) is 1. The van der Waals surface area contributed by atoms with Crippen molar-refractivity contribution < 1.29 is 9.22 Å². The van der Waals surface area contributed by atoms with Crippen LogP contribution in [0.3, 0.4) is 0 Å². The second-order valence-electron chi connectivity index (χ2n) is 8.47. The molecule has 1 aromatic rings. The first-order valence-corrected chi connectivity index (χ1v) is 12.5. The largest absolute Gasteiger partial charge is 0.413 e. The first-order chi connectivity index (χ1) is 12.5. The van der Waals surface area contributed by atoms with E-state index in [0.29, 0.717) is 5.11 Å². The van der Waals surface area contributed by atoms with Gasteiger partial charge in [0.2, 0.25) is 5.91 Å². The van der Waals surface area contributed by atoms with Gasteiger partial charge in [-0.15, -0.1) is 5.73 Å². The van der Waals surface area contributed by atoms with Crippen molar-refractivity contribution in [2.45, 2.75) is 58.0 Å². The smallest absolute Gasteiger partial charge is 0.237 e. The van der Waals surface area contributed by atoms with Crippen molar-refractivity contribution in [2.75, 3.05) is 5.32 Å². The third-order valence-electron chi connectivity index (χ3n) is 5.51. The van der Waals surface area contributed by atoms with Crippen molar-refractivity contribution in [3.05, 3.63) is 48.7 Å². The number of carbonyl (C=O) groups excluding carboxylic acids is 1. The predicted molar refractivity (Wildman–Crippen MR) is 118 cm³/mol. The molecule has 0 saturated carbocycles. The molecule has 27 heavy (non-hydrogen) atoms. The van der Waals surface area contributed by atoms with Gasteiger partial charge in [0.05, 0.1) is 18.1 Å². The van der Waals surface area contributed by atoms with Gasteiger partial charge < -0.3 is 9.74 Å². The summed E-state index contributed by atoms with van der Waals surface area (Å²) in [6.45, 7) is 16.6. The lowest BCUT2D eigenvalue weighted by atomic mass is 9.83. The fourth-order valence-corrected chi connectivity index (χ4v) is 4.72. The minimum atomic E-state index is -1.97. The summed E-state index contributed by atoms with van der Waals surface area (Å²) >= 11 is 5.48. The number of amides is 1. The summed E-state index contributed by atoms with van der Waals surface area (Å²) in [6, 6.07) is 9.40. The lowest BCUT2D eigenvalue weighted by Crippen LogP contribution is -2.67. The molecule has 1 aliphatic rings. The Bertz CT molecular complexity index is 751. The van der Waals surface area contributed by atoms with Crippen LogP contribution in [0.15, 0.2) is 48.7 Å². The van der Waals surface area contributed by atoms with Crippen molar-refractivity contribution >= 4 is 37.2 Å². The summed E-state index contributed by atoms with van der Waals surface area (Å²) in [4.78, 5) is 14.5. The van der Waals surface area contributed by atoms with Crippen molar-refractivity contribution in [2.24, 2.45) is 5.92 Å². The van der Waals surface area contributed by atoms with Crippen molar-refractivity contribution in [1.82, 2.24) is 4.90 Å². The number of β-lactam (4-membered cyclic amide) rings is 1. The summed E-state index contributed by atoms with van der Waals surface area (Å²) in [5.41, 5.74) is 3.67. The van der Waals surface area contributed by atoms with Gasteiger partial charge in [-0.1, -0.05) is 45.5 Å². The monoisotopic (exact) mass is 402 g/mol. The van der Waals surface area contributed by atoms with E-state index in [1.54, 1.807) is 11.0 Å². The maximum Gasteiger partial charge on any atom is 0.237 e. The molecule has 4 nitrogen and oxygen atoms in total. The Balaban J connectivity index is 2.15. The number of thiocarbonyl (C=S) groups is 1. The topological polar surface area (TPSA) is 41.6 Å². The Morgan fingerprint density at radius 2 is 1.96 bits per heavy atom. The van der Waals surface area contributed by atoms with Crippen LogP contribution in [0, 0.1) is 5.92 Å². The number of rotatable bonds is 5. The molecular weight excluding hydrogens is 372 g/mol. The molecule has 1 aliphatic heterocycles. The van der Waals surface area contributed by atoms with E-state index in [9.17, 15) is 4.79 Å². The average Bonchev–Trinajstić information content (AvgIpc) is 2.53. The fraction of sp³-hybridized carbons (Fsp3) is 0.476. The lowest BCUT2D eigenvalue weighted by molar-refractivity contribution is -0.150. The summed E-state index contributed by atoms with van der Waals surface area (Å²) < 4.78 is 6.46. The molecule has 6 heteroatoms. The van der Waals surface area contributed by atoms with E-state index >= 15 is 0 Å². The van der Waals surface area contributed by atoms with Crippen LogP contribution >= 0.6 is 12.2 Å². The molecule has 0 unspecified atom stereocenters. The Hall–Kier alpha value is -1.72. The van der Waals surface area contributed by atoms with Crippen LogP contribution in [0.25, 0.3) is 0 Å². The molecule has 1 fully saturated rings. The van der Waals surface area contributed by atoms with Gasteiger partial charge in [-0.3, -0.25) is 9.69 Å². The van der Waals surface area contributed by atoms with Crippen LogP contribution in [-0.4, -0.2) is 36.4 Å². The Labute approximate surface area is 169 Å². The van der Waals surface area contributed by atoms with E-state index in [2.05, 4.69) is 51.5 Å². The molecule has 1 saturated heterocycles. The molecule has 0 aliphatic carbocycles. The number of carbonyl (C=O) groups is 1. The fourth-order valence-electron chi connectivity index (χ4n) is 2.96. The van der Waals surface area contributed by atoms with E-state index < -0.39 is 8.32 Å². The minimum Gasteiger partial charge on any atom is -0.413 e. The first kappa shape index (κ1) is 21.6. The normalized spacial score (nSPS) is 21.1. The molecule has 1 N–H and O–H groups in total. The van der Waals surface area contributed by atoms with Crippen LogP contribution in [-0.2, 0) is 9.22 Å². The van der Waals surface area contributed by atoms with Crippen molar-refractivity contribution in [3.8, 4) is 0 Å². The number of nitrogens with zero attached hydrogens (tertiary/aromatic N) is 1. The molecule has 2 rings (SSSR count). The zero-order valence-corrected chi connectivity index (χ0v) is 18.9. The zero-order valence-electron chi connectivity index (χ0n) is 17.1. The molecule has 146 valence electrons. The first-order valence-electron chi connectivity index (χ1n) is 9.22. The summed E-state index contributed by atoms with van der Waals surface area (Å²) in [5.74, 6) is -0.296. The number of nitrogens with one attached hydrogen (secondary N) is 1. The van der Waals surface area contributed by atoms with E-state index in [1.165, 1.54) is 0 Å². The zero-order chi connectivity index (χ0) is 20.4. The molecule has 0 radical (unpaired) electrons. The van der Waals surface area contributed by atoms with Gasteiger partial charge in [-0.25, -0.2) is 0 Å². The number of likely N-dealkylation sites (tertiary alicyclic amines) is 1. The van der Waals surface area contributed by atoms with E-state index in [-0.39, 0.29) is 29.0 Å². The van der Waals surface area contributed by atoms with Gasteiger partial charge >= 0.3 is 0 Å². The summed E-state index contributed by atoms with van der Waals surface area (Å²) in [6.07, 6.45) is 1.61. The van der Waals surface area contributed by atoms with E-state index in [1.807, 2.05) is 37.3 Å². The third-order valence-corrected chi connectivity index (χ3v) is 10.4.